The number of carbonyl (C=O) groups excluding carboxylic acids is 1. The summed E-state index contributed by atoms with van der Waals surface area (Å²) in [4.78, 5) is 20.8. The Hall–Kier alpha value is -2.74. The van der Waals surface area contributed by atoms with Crippen molar-refractivity contribution in [3.8, 4) is 11.5 Å². The van der Waals surface area contributed by atoms with E-state index in [-0.39, 0.29) is 5.69 Å². The Bertz CT molecular complexity index is 914. The van der Waals surface area contributed by atoms with Crippen LogP contribution in [0.2, 0.25) is 5.02 Å². The van der Waals surface area contributed by atoms with E-state index in [1.54, 1.807) is 19.3 Å². The van der Waals surface area contributed by atoms with Gasteiger partial charge in [-0.05, 0) is 25.0 Å². The fraction of sp³-hybridized carbons (Fsp3) is 0.267. The summed E-state index contributed by atoms with van der Waals surface area (Å²) in [5.41, 5.74) is 0.770. The first kappa shape index (κ1) is 14.8. The molecular weight excluding hydrogens is 332 g/mol. The number of aromatic nitrogens is 5. The minimum atomic E-state index is -0.399. The lowest BCUT2D eigenvalue weighted by Gasteiger charge is -2.06. The molecule has 3 aromatic rings. The molecule has 8 nitrogen and oxygen atoms in total. The van der Waals surface area contributed by atoms with Gasteiger partial charge in [0.15, 0.2) is 5.82 Å². The lowest BCUT2D eigenvalue weighted by Crippen LogP contribution is -2.16. The quantitative estimate of drug-likeness (QED) is 0.781. The van der Waals surface area contributed by atoms with Gasteiger partial charge in [-0.3, -0.25) is 14.5 Å². The molecule has 3 aromatic heterocycles. The summed E-state index contributed by atoms with van der Waals surface area (Å²) >= 11 is 5.90. The van der Waals surface area contributed by atoms with Crippen molar-refractivity contribution in [1.29, 1.82) is 0 Å². The number of carbonyl (C=O) groups is 1. The molecule has 0 bridgehead atoms. The van der Waals surface area contributed by atoms with Crippen molar-refractivity contribution >= 4 is 23.3 Å². The van der Waals surface area contributed by atoms with E-state index < -0.39 is 5.91 Å². The standard InChI is InChI=1S/C15H13ClN6O2/c1-22-13(20-14(23)11-6-9(16)4-5-17-11)10(7-18-22)15-19-12(21-24-15)8-2-3-8/h4-8H,2-3H2,1H3,(H,20,23). The van der Waals surface area contributed by atoms with Crippen LogP contribution in [0.4, 0.5) is 5.82 Å². The third-order valence-corrected chi connectivity index (χ3v) is 3.98. The van der Waals surface area contributed by atoms with Crippen molar-refractivity contribution in [3.05, 3.63) is 41.1 Å². The van der Waals surface area contributed by atoms with Crippen LogP contribution in [0.25, 0.3) is 11.5 Å². The summed E-state index contributed by atoms with van der Waals surface area (Å²) in [6.07, 6.45) is 5.21. The molecule has 0 saturated heterocycles. The summed E-state index contributed by atoms with van der Waals surface area (Å²) in [6.45, 7) is 0. The van der Waals surface area contributed by atoms with E-state index in [0.29, 0.717) is 34.0 Å². The SMILES string of the molecule is Cn1ncc(-c2nc(C3CC3)no2)c1NC(=O)c1cc(Cl)ccn1. The van der Waals surface area contributed by atoms with Gasteiger partial charge in [0.2, 0.25) is 0 Å². The number of hydrogen-bond donors (Lipinski definition) is 1. The highest BCUT2D eigenvalue weighted by molar-refractivity contribution is 6.31. The molecule has 0 spiro atoms. The molecular formula is C15H13ClN6O2. The van der Waals surface area contributed by atoms with Crippen LogP contribution in [0.3, 0.4) is 0 Å². The predicted octanol–water partition coefficient (Wildman–Crippen LogP) is 2.65. The largest absolute Gasteiger partial charge is 0.334 e. The maximum Gasteiger partial charge on any atom is 0.275 e. The molecule has 0 aromatic carbocycles. The Morgan fingerprint density at radius 1 is 1.46 bits per heavy atom. The summed E-state index contributed by atoms with van der Waals surface area (Å²) in [5, 5.41) is 11.3. The van der Waals surface area contributed by atoms with Crippen molar-refractivity contribution in [2.75, 3.05) is 5.32 Å². The van der Waals surface area contributed by atoms with Gasteiger partial charge in [-0.1, -0.05) is 16.8 Å². The molecule has 9 heteroatoms. The van der Waals surface area contributed by atoms with Gasteiger partial charge >= 0.3 is 0 Å². The van der Waals surface area contributed by atoms with Crippen LogP contribution < -0.4 is 5.32 Å². The topological polar surface area (TPSA) is 98.7 Å². The number of rotatable bonds is 4. The van der Waals surface area contributed by atoms with E-state index in [0.717, 1.165) is 12.8 Å². The predicted molar refractivity (Wildman–Crippen MR) is 85.7 cm³/mol. The zero-order valence-corrected chi connectivity index (χ0v) is 13.5. The molecule has 0 radical (unpaired) electrons. The first-order chi connectivity index (χ1) is 11.6. The van der Waals surface area contributed by atoms with Gasteiger partial charge in [-0.25, -0.2) is 0 Å². The van der Waals surface area contributed by atoms with Gasteiger partial charge in [-0.2, -0.15) is 10.1 Å². The van der Waals surface area contributed by atoms with E-state index in [1.807, 2.05) is 0 Å². The van der Waals surface area contributed by atoms with Crippen LogP contribution in [0, 0.1) is 0 Å². The molecule has 1 aliphatic carbocycles. The van der Waals surface area contributed by atoms with Gasteiger partial charge in [0.05, 0.1) is 6.20 Å². The van der Waals surface area contributed by atoms with Crippen LogP contribution >= 0.6 is 11.6 Å². The highest BCUT2D eigenvalue weighted by Crippen LogP contribution is 2.39. The minimum absolute atomic E-state index is 0.207. The second-order valence-electron chi connectivity index (χ2n) is 5.58. The van der Waals surface area contributed by atoms with E-state index in [9.17, 15) is 4.79 Å². The Labute approximate surface area is 141 Å². The minimum Gasteiger partial charge on any atom is -0.334 e. The fourth-order valence-corrected chi connectivity index (χ4v) is 2.45. The van der Waals surface area contributed by atoms with Crippen LogP contribution in [-0.4, -0.2) is 30.8 Å². The monoisotopic (exact) mass is 344 g/mol. The van der Waals surface area contributed by atoms with Gasteiger partial charge in [0.1, 0.15) is 17.1 Å². The van der Waals surface area contributed by atoms with Crippen molar-refractivity contribution in [2.24, 2.45) is 7.05 Å². The number of nitrogens with one attached hydrogen (secondary N) is 1. The van der Waals surface area contributed by atoms with Crippen LogP contribution in [0.1, 0.15) is 35.1 Å². The molecule has 1 amide bonds. The summed E-state index contributed by atoms with van der Waals surface area (Å²) in [7, 11) is 1.71. The molecule has 1 N–H and O–H groups in total. The van der Waals surface area contributed by atoms with Crippen molar-refractivity contribution in [3.63, 3.8) is 0 Å². The van der Waals surface area contributed by atoms with E-state index >= 15 is 0 Å². The van der Waals surface area contributed by atoms with Crippen LogP contribution in [0.5, 0.6) is 0 Å². The first-order valence-corrected chi connectivity index (χ1v) is 7.78. The molecule has 0 atom stereocenters. The number of anilines is 1. The Morgan fingerprint density at radius 2 is 2.29 bits per heavy atom. The molecule has 24 heavy (non-hydrogen) atoms. The smallest absolute Gasteiger partial charge is 0.275 e. The number of halogens is 1. The summed E-state index contributed by atoms with van der Waals surface area (Å²) < 4.78 is 6.84. The fourth-order valence-electron chi connectivity index (χ4n) is 2.29. The molecule has 4 rings (SSSR count). The maximum absolute atomic E-state index is 12.4. The lowest BCUT2D eigenvalue weighted by atomic mass is 10.3. The van der Waals surface area contributed by atoms with Crippen LogP contribution in [0.15, 0.2) is 29.0 Å². The second-order valence-corrected chi connectivity index (χ2v) is 6.01. The second kappa shape index (κ2) is 5.72. The van der Waals surface area contributed by atoms with Crippen molar-refractivity contribution < 1.29 is 9.32 Å². The average molecular weight is 345 g/mol. The number of hydrogen-bond acceptors (Lipinski definition) is 6. The third-order valence-electron chi connectivity index (χ3n) is 3.74. The molecule has 0 aliphatic heterocycles. The van der Waals surface area contributed by atoms with Gasteiger partial charge in [0, 0.05) is 24.2 Å². The normalized spacial score (nSPS) is 13.9. The molecule has 0 unspecified atom stereocenters. The van der Waals surface area contributed by atoms with E-state index in [2.05, 4.69) is 25.5 Å². The van der Waals surface area contributed by atoms with Crippen LogP contribution in [-0.2, 0) is 7.05 Å². The molecule has 3 heterocycles. The average Bonchev–Trinajstić information content (AvgIpc) is 3.20. The van der Waals surface area contributed by atoms with Gasteiger partial charge in [-0.15, -0.1) is 0 Å². The number of aryl methyl sites for hydroxylation is 1. The van der Waals surface area contributed by atoms with E-state index in [1.165, 1.54) is 16.9 Å². The zero-order chi connectivity index (χ0) is 16.7. The highest BCUT2D eigenvalue weighted by atomic mass is 35.5. The molecule has 1 saturated carbocycles. The first-order valence-electron chi connectivity index (χ1n) is 7.40. The number of nitrogens with zero attached hydrogens (tertiary/aromatic N) is 5. The van der Waals surface area contributed by atoms with E-state index in [4.69, 9.17) is 16.1 Å². The van der Waals surface area contributed by atoms with Gasteiger partial charge in [0.25, 0.3) is 11.8 Å². The summed E-state index contributed by atoms with van der Waals surface area (Å²) in [5.74, 6) is 1.46. The Balaban J connectivity index is 1.63. The third kappa shape index (κ3) is 2.76. The number of pyridine rings is 1. The molecule has 122 valence electrons. The Kier molecular flexibility index (Phi) is 3.53. The highest BCUT2D eigenvalue weighted by Gasteiger charge is 2.30. The van der Waals surface area contributed by atoms with Crippen molar-refractivity contribution in [1.82, 2.24) is 24.9 Å². The lowest BCUT2D eigenvalue weighted by molar-refractivity contribution is 0.102. The van der Waals surface area contributed by atoms with Gasteiger partial charge < -0.3 is 9.84 Å². The van der Waals surface area contributed by atoms with Crippen molar-refractivity contribution in [2.45, 2.75) is 18.8 Å². The molecule has 1 fully saturated rings. The maximum atomic E-state index is 12.4. The summed E-state index contributed by atoms with van der Waals surface area (Å²) in [6, 6.07) is 3.09. The Morgan fingerprint density at radius 3 is 3.04 bits per heavy atom. The molecule has 1 aliphatic rings. The zero-order valence-electron chi connectivity index (χ0n) is 12.7. The number of amides is 1.